The number of carboxylic acids is 1. The normalized spacial score (nSPS) is 9.76. The average molecular weight is 238 g/mol. The number of rotatable bonds is 5. The number of hydrogen-bond acceptors (Lipinski definition) is 5. The van der Waals surface area contributed by atoms with Crippen LogP contribution >= 0.6 is 0 Å². The molecule has 1 aromatic rings. The molecule has 0 aromatic carbocycles. The highest BCUT2D eigenvalue weighted by Crippen LogP contribution is 2.18. The van der Waals surface area contributed by atoms with Crippen molar-refractivity contribution in [3.8, 4) is 0 Å². The Morgan fingerprint density at radius 1 is 1.53 bits per heavy atom. The Balaban J connectivity index is 2.98. The Hall–Kier alpha value is -2.11. The lowest BCUT2D eigenvalue weighted by Gasteiger charge is -2.19. The third kappa shape index (κ3) is 3.44. The van der Waals surface area contributed by atoms with Gasteiger partial charge in [-0.25, -0.2) is 4.79 Å². The van der Waals surface area contributed by atoms with Crippen molar-refractivity contribution in [2.75, 3.05) is 25.1 Å². The maximum absolute atomic E-state index is 11.6. The van der Waals surface area contributed by atoms with E-state index < -0.39 is 11.9 Å². The van der Waals surface area contributed by atoms with Crippen molar-refractivity contribution in [3.05, 3.63) is 24.0 Å². The van der Waals surface area contributed by atoms with Crippen LogP contribution in [0.4, 0.5) is 5.69 Å². The number of hydrogen-bond donors (Lipinski definition) is 1. The van der Waals surface area contributed by atoms with Crippen molar-refractivity contribution >= 4 is 17.6 Å². The zero-order valence-electron chi connectivity index (χ0n) is 9.71. The maximum Gasteiger partial charge on any atom is 0.341 e. The van der Waals surface area contributed by atoms with Gasteiger partial charge in [0, 0.05) is 19.4 Å². The van der Waals surface area contributed by atoms with Crippen LogP contribution in [0.5, 0.6) is 0 Å². The van der Waals surface area contributed by atoms with Crippen LogP contribution in [0.2, 0.25) is 0 Å². The third-order valence-electron chi connectivity index (χ3n) is 2.08. The summed E-state index contributed by atoms with van der Waals surface area (Å²) in [6.45, 7) is 1.77. The Kier molecular flexibility index (Phi) is 4.45. The van der Waals surface area contributed by atoms with Crippen LogP contribution in [0.1, 0.15) is 17.3 Å². The SMILES string of the molecule is CCOC(=O)c1cnccc1N(C)CC(=O)O. The molecule has 0 saturated heterocycles. The minimum Gasteiger partial charge on any atom is -0.480 e. The van der Waals surface area contributed by atoms with Gasteiger partial charge in [-0.15, -0.1) is 0 Å². The molecule has 0 saturated carbocycles. The van der Waals surface area contributed by atoms with E-state index in [1.165, 1.54) is 17.3 Å². The van der Waals surface area contributed by atoms with Gasteiger partial charge in [0.05, 0.1) is 12.3 Å². The second-order valence-corrected chi connectivity index (χ2v) is 3.36. The number of aromatic nitrogens is 1. The molecule has 92 valence electrons. The first-order chi connectivity index (χ1) is 8.06. The summed E-state index contributed by atoms with van der Waals surface area (Å²) in [6, 6.07) is 1.58. The van der Waals surface area contributed by atoms with Gasteiger partial charge in [0.1, 0.15) is 12.1 Å². The van der Waals surface area contributed by atoms with Crippen LogP contribution < -0.4 is 4.90 Å². The van der Waals surface area contributed by atoms with Crippen molar-refractivity contribution in [1.82, 2.24) is 4.98 Å². The number of carbonyl (C=O) groups is 2. The van der Waals surface area contributed by atoms with E-state index in [1.807, 2.05) is 0 Å². The summed E-state index contributed by atoms with van der Waals surface area (Å²) in [4.78, 5) is 27.5. The minimum absolute atomic E-state index is 0.198. The molecule has 0 aliphatic rings. The first-order valence-electron chi connectivity index (χ1n) is 5.10. The monoisotopic (exact) mass is 238 g/mol. The number of carbonyl (C=O) groups excluding carboxylic acids is 1. The van der Waals surface area contributed by atoms with Crippen molar-refractivity contribution in [2.24, 2.45) is 0 Å². The van der Waals surface area contributed by atoms with Crippen molar-refractivity contribution < 1.29 is 19.4 Å². The van der Waals surface area contributed by atoms with E-state index >= 15 is 0 Å². The summed E-state index contributed by atoms with van der Waals surface area (Å²) in [5.41, 5.74) is 0.749. The van der Waals surface area contributed by atoms with Gasteiger partial charge < -0.3 is 14.7 Å². The standard InChI is InChI=1S/C11H14N2O4/c1-3-17-11(16)8-6-12-5-4-9(8)13(2)7-10(14)15/h4-6H,3,7H2,1-2H3,(H,14,15). The van der Waals surface area contributed by atoms with Gasteiger partial charge in [-0.05, 0) is 13.0 Å². The molecule has 0 bridgehead atoms. The number of likely N-dealkylation sites (N-methyl/N-ethyl adjacent to an activating group) is 1. The first kappa shape index (κ1) is 13.0. The van der Waals surface area contributed by atoms with E-state index in [2.05, 4.69) is 4.98 Å². The fourth-order valence-corrected chi connectivity index (χ4v) is 1.37. The molecule has 1 N–H and O–H groups in total. The van der Waals surface area contributed by atoms with Gasteiger partial charge in [0.2, 0.25) is 0 Å². The molecule has 0 aliphatic carbocycles. The molecule has 6 heteroatoms. The second kappa shape index (κ2) is 5.83. The van der Waals surface area contributed by atoms with E-state index in [0.717, 1.165) is 0 Å². The van der Waals surface area contributed by atoms with Crippen molar-refractivity contribution in [3.63, 3.8) is 0 Å². The summed E-state index contributed by atoms with van der Waals surface area (Å²) in [5, 5.41) is 8.70. The molecule has 1 heterocycles. The molecule has 0 atom stereocenters. The number of aliphatic carboxylic acids is 1. The van der Waals surface area contributed by atoms with Gasteiger partial charge in [-0.3, -0.25) is 9.78 Å². The second-order valence-electron chi connectivity index (χ2n) is 3.36. The molecular weight excluding hydrogens is 224 g/mol. The molecular formula is C11H14N2O4. The molecule has 0 fully saturated rings. The Morgan fingerprint density at radius 3 is 2.82 bits per heavy atom. The average Bonchev–Trinajstić information content (AvgIpc) is 2.28. The quantitative estimate of drug-likeness (QED) is 0.763. The topological polar surface area (TPSA) is 79.7 Å². The van der Waals surface area contributed by atoms with Crippen LogP contribution in [0, 0.1) is 0 Å². The minimum atomic E-state index is -0.973. The number of esters is 1. The molecule has 17 heavy (non-hydrogen) atoms. The number of pyridine rings is 1. The summed E-state index contributed by atoms with van der Waals surface area (Å²) in [6.07, 6.45) is 2.86. The summed E-state index contributed by atoms with van der Waals surface area (Å²) in [5.74, 6) is -1.48. The van der Waals surface area contributed by atoms with E-state index in [4.69, 9.17) is 9.84 Å². The lowest BCUT2D eigenvalue weighted by Crippen LogP contribution is -2.27. The molecule has 1 rings (SSSR count). The number of carboxylic acid groups (broad SMARTS) is 1. The van der Waals surface area contributed by atoms with Gasteiger partial charge in [-0.1, -0.05) is 0 Å². The molecule has 1 aromatic heterocycles. The van der Waals surface area contributed by atoms with Crippen molar-refractivity contribution in [1.29, 1.82) is 0 Å². The number of nitrogens with zero attached hydrogens (tertiary/aromatic N) is 2. The fraction of sp³-hybridized carbons (Fsp3) is 0.364. The van der Waals surface area contributed by atoms with E-state index in [-0.39, 0.29) is 18.7 Å². The van der Waals surface area contributed by atoms with Crippen LogP contribution in [0.3, 0.4) is 0 Å². The van der Waals surface area contributed by atoms with Crippen LogP contribution in [0.15, 0.2) is 18.5 Å². The predicted molar refractivity (Wildman–Crippen MR) is 61.1 cm³/mol. The highest BCUT2D eigenvalue weighted by molar-refractivity contribution is 5.96. The highest BCUT2D eigenvalue weighted by atomic mass is 16.5. The number of ether oxygens (including phenoxy) is 1. The molecule has 0 unspecified atom stereocenters. The zero-order valence-corrected chi connectivity index (χ0v) is 9.71. The predicted octanol–water partition coefficient (Wildman–Crippen LogP) is 0.779. The zero-order chi connectivity index (χ0) is 12.8. The Labute approximate surface area is 98.8 Å². The van der Waals surface area contributed by atoms with Crippen LogP contribution in [-0.2, 0) is 9.53 Å². The first-order valence-corrected chi connectivity index (χ1v) is 5.10. The van der Waals surface area contributed by atoms with Gasteiger partial charge >= 0.3 is 11.9 Å². The smallest absolute Gasteiger partial charge is 0.341 e. The van der Waals surface area contributed by atoms with Crippen molar-refractivity contribution in [2.45, 2.75) is 6.92 Å². The molecule has 0 spiro atoms. The molecule has 0 aliphatic heterocycles. The lowest BCUT2D eigenvalue weighted by molar-refractivity contribution is -0.135. The summed E-state index contributed by atoms with van der Waals surface area (Å²) >= 11 is 0. The third-order valence-corrected chi connectivity index (χ3v) is 2.08. The van der Waals surface area contributed by atoms with Gasteiger partial charge in [0.25, 0.3) is 0 Å². The summed E-state index contributed by atoms with van der Waals surface area (Å²) < 4.78 is 4.87. The van der Waals surface area contributed by atoms with Crippen LogP contribution in [-0.4, -0.2) is 42.2 Å². The lowest BCUT2D eigenvalue weighted by atomic mass is 10.2. The Bertz CT molecular complexity index is 420. The van der Waals surface area contributed by atoms with E-state index in [9.17, 15) is 9.59 Å². The van der Waals surface area contributed by atoms with Gasteiger partial charge in [0.15, 0.2) is 0 Å². The van der Waals surface area contributed by atoms with Crippen LogP contribution in [0.25, 0.3) is 0 Å². The summed E-state index contributed by atoms with van der Waals surface area (Å²) in [7, 11) is 1.59. The maximum atomic E-state index is 11.6. The molecule has 6 nitrogen and oxygen atoms in total. The highest BCUT2D eigenvalue weighted by Gasteiger charge is 2.16. The van der Waals surface area contributed by atoms with E-state index in [0.29, 0.717) is 5.69 Å². The largest absolute Gasteiger partial charge is 0.480 e. The van der Waals surface area contributed by atoms with Gasteiger partial charge in [-0.2, -0.15) is 0 Å². The Morgan fingerprint density at radius 2 is 2.24 bits per heavy atom. The molecule has 0 radical (unpaired) electrons. The molecule has 0 amide bonds. The fourth-order valence-electron chi connectivity index (χ4n) is 1.37. The van der Waals surface area contributed by atoms with E-state index in [1.54, 1.807) is 20.0 Å². The number of anilines is 1.